The molecule has 0 spiro atoms. The standard InChI is InChI=1S/C7H7BrClN/c8-7-5(4-9)2-1-3-6(7)10/h1-3H,4,10H2. The molecular formula is C7H7BrClN. The van der Waals surface area contributed by atoms with E-state index < -0.39 is 0 Å². The Morgan fingerprint density at radius 2 is 2.20 bits per heavy atom. The molecule has 0 aliphatic heterocycles. The van der Waals surface area contributed by atoms with Crippen LogP contribution >= 0.6 is 27.5 Å². The van der Waals surface area contributed by atoms with Crippen molar-refractivity contribution in [1.29, 1.82) is 0 Å². The van der Waals surface area contributed by atoms with Crippen molar-refractivity contribution in [2.24, 2.45) is 0 Å². The molecule has 0 aromatic heterocycles. The molecule has 1 nitrogen and oxygen atoms in total. The molecule has 0 saturated heterocycles. The van der Waals surface area contributed by atoms with Crippen LogP contribution in [-0.4, -0.2) is 0 Å². The van der Waals surface area contributed by atoms with Gasteiger partial charge < -0.3 is 5.73 Å². The van der Waals surface area contributed by atoms with Crippen LogP contribution in [-0.2, 0) is 5.88 Å². The van der Waals surface area contributed by atoms with Gasteiger partial charge in [-0.15, -0.1) is 11.6 Å². The number of nitrogen functional groups attached to an aromatic ring is 1. The molecule has 0 bridgehead atoms. The van der Waals surface area contributed by atoms with Crippen molar-refractivity contribution in [2.75, 3.05) is 5.73 Å². The molecule has 0 unspecified atom stereocenters. The molecule has 0 atom stereocenters. The van der Waals surface area contributed by atoms with E-state index in [2.05, 4.69) is 15.9 Å². The predicted octanol–water partition coefficient (Wildman–Crippen LogP) is 2.77. The monoisotopic (exact) mass is 219 g/mol. The lowest BCUT2D eigenvalue weighted by Gasteiger charge is -2.01. The summed E-state index contributed by atoms with van der Waals surface area (Å²) in [6, 6.07) is 5.66. The molecule has 54 valence electrons. The van der Waals surface area contributed by atoms with Gasteiger partial charge in [0.1, 0.15) is 0 Å². The highest BCUT2D eigenvalue weighted by Gasteiger charge is 1.99. The van der Waals surface area contributed by atoms with Gasteiger partial charge >= 0.3 is 0 Å². The van der Waals surface area contributed by atoms with Gasteiger partial charge in [-0.2, -0.15) is 0 Å². The average Bonchev–Trinajstić information content (AvgIpc) is 1.95. The number of rotatable bonds is 1. The molecule has 0 saturated carbocycles. The van der Waals surface area contributed by atoms with Gasteiger partial charge in [0.2, 0.25) is 0 Å². The van der Waals surface area contributed by atoms with Crippen LogP contribution in [0.15, 0.2) is 22.7 Å². The third-order valence-corrected chi connectivity index (χ3v) is 2.51. The Bertz CT molecular complexity index is 237. The van der Waals surface area contributed by atoms with Gasteiger partial charge in [-0.25, -0.2) is 0 Å². The Labute approximate surface area is 73.3 Å². The second-order valence-electron chi connectivity index (χ2n) is 1.95. The minimum atomic E-state index is 0.492. The quantitative estimate of drug-likeness (QED) is 0.572. The van der Waals surface area contributed by atoms with Crippen LogP contribution in [0.1, 0.15) is 5.56 Å². The Morgan fingerprint density at radius 3 is 2.70 bits per heavy atom. The smallest absolute Gasteiger partial charge is 0.0486 e. The summed E-state index contributed by atoms with van der Waals surface area (Å²) in [6.45, 7) is 0. The molecular weight excluding hydrogens is 213 g/mol. The molecule has 0 aliphatic carbocycles. The third kappa shape index (κ3) is 1.44. The van der Waals surface area contributed by atoms with Crippen molar-refractivity contribution < 1.29 is 0 Å². The van der Waals surface area contributed by atoms with E-state index in [1.54, 1.807) is 0 Å². The summed E-state index contributed by atoms with van der Waals surface area (Å²) in [5.41, 5.74) is 7.35. The first-order valence-corrected chi connectivity index (χ1v) is 4.17. The number of benzene rings is 1. The number of halogens is 2. The van der Waals surface area contributed by atoms with E-state index in [1.165, 1.54) is 0 Å². The maximum Gasteiger partial charge on any atom is 0.0486 e. The fraction of sp³-hybridized carbons (Fsp3) is 0.143. The Kier molecular flexibility index (Phi) is 2.57. The SMILES string of the molecule is Nc1cccc(CCl)c1Br. The molecule has 10 heavy (non-hydrogen) atoms. The number of hydrogen-bond donors (Lipinski definition) is 1. The van der Waals surface area contributed by atoms with Gasteiger partial charge in [-0.1, -0.05) is 12.1 Å². The third-order valence-electron chi connectivity index (χ3n) is 1.25. The van der Waals surface area contributed by atoms with Gasteiger partial charge in [0.05, 0.1) is 0 Å². The lowest BCUT2D eigenvalue weighted by molar-refractivity contribution is 1.37. The highest BCUT2D eigenvalue weighted by Crippen LogP contribution is 2.24. The molecule has 1 aromatic rings. The molecule has 0 fully saturated rings. The molecule has 0 aliphatic rings. The minimum absolute atomic E-state index is 0.492. The number of nitrogens with two attached hydrogens (primary N) is 1. The van der Waals surface area contributed by atoms with E-state index in [0.29, 0.717) is 5.88 Å². The maximum atomic E-state index is 5.62. The van der Waals surface area contributed by atoms with E-state index in [0.717, 1.165) is 15.7 Å². The van der Waals surface area contributed by atoms with Crippen molar-refractivity contribution in [3.05, 3.63) is 28.2 Å². The van der Waals surface area contributed by atoms with Gasteiger partial charge in [0.25, 0.3) is 0 Å². The summed E-state index contributed by atoms with van der Waals surface area (Å²) in [6.07, 6.45) is 0. The summed E-state index contributed by atoms with van der Waals surface area (Å²) in [5.74, 6) is 0.492. The summed E-state index contributed by atoms with van der Waals surface area (Å²) < 4.78 is 0.907. The highest BCUT2D eigenvalue weighted by atomic mass is 79.9. The van der Waals surface area contributed by atoms with Gasteiger partial charge in [0.15, 0.2) is 0 Å². The number of hydrogen-bond acceptors (Lipinski definition) is 1. The van der Waals surface area contributed by atoms with Gasteiger partial charge in [-0.3, -0.25) is 0 Å². The fourth-order valence-corrected chi connectivity index (χ4v) is 1.49. The van der Waals surface area contributed by atoms with Crippen LogP contribution < -0.4 is 5.73 Å². The number of alkyl halides is 1. The molecule has 1 aromatic carbocycles. The zero-order valence-corrected chi connectivity index (χ0v) is 7.61. The first kappa shape index (κ1) is 7.89. The normalized spacial score (nSPS) is 9.80. The van der Waals surface area contributed by atoms with E-state index in [-0.39, 0.29) is 0 Å². The summed E-state index contributed by atoms with van der Waals surface area (Å²) in [5, 5.41) is 0. The second-order valence-corrected chi connectivity index (χ2v) is 3.01. The maximum absolute atomic E-state index is 5.62. The highest BCUT2D eigenvalue weighted by molar-refractivity contribution is 9.10. The van der Waals surface area contributed by atoms with E-state index in [9.17, 15) is 0 Å². The average molecular weight is 220 g/mol. The molecule has 2 N–H and O–H groups in total. The Morgan fingerprint density at radius 1 is 1.50 bits per heavy atom. The summed E-state index contributed by atoms with van der Waals surface area (Å²) >= 11 is 8.95. The van der Waals surface area contributed by atoms with E-state index >= 15 is 0 Å². The van der Waals surface area contributed by atoms with Crippen LogP contribution in [0, 0.1) is 0 Å². The van der Waals surface area contributed by atoms with Crippen molar-refractivity contribution in [2.45, 2.75) is 5.88 Å². The summed E-state index contributed by atoms with van der Waals surface area (Å²) in [4.78, 5) is 0. The Balaban J connectivity index is 3.14. The molecule has 1 rings (SSSR count). The van der Waals surface area contributed by atoms with Crippen molar-refractivity contribution in [1.82, 2.24) is 0 Å². The molecule has 3 heteroatoms. The lowest BCUT2D eigenvalue weighted by Crippen LogP contribution is -1.89. The zero-order chi connectivity index (χ0) is 7.56. The molecule has 0 radical (unpaired) electrons. The van der Waals surface area contributed by atoms with Crippen LogP contribution in [0.5, 0.6) is 0 Å². The second kappa shape index (κ2) is 3.26. The fourth-order valence-electron chi connectivity index (χ4n) is 0.703. The zero-order valence-electron chi connectivity index (χ0n) is 5.27. The topological polar surface area (TPSA) is 26.0 Å². The molecule has 0 amide bonds. The van der Waals surface area contributed by atoms with E-state index in [1.807, 2.05) is 18.2 Å². The van der Waals surface area contributed by atoms with E-state index in [4.69, 9.17) is 17.3 Å². The van der Waals surface area contributed by atoms with Gasteiger partial charge in [-0.05, 0) is 27.6 Å². The Hall–Kier alpha value is -0.210. The van der Waals surface area contributed by atoms with Crippen LogP contribution in [0.2, 0.25) is 0 Å². The van der Waals surface area contributed by atoms with Crippen LogP contribution in [0.4, 0.5) is 5.69 Å². The lowest BCUT2D eigenvalue weighted by atomic mass is 10.2. The van der Waals surface area contributed by atoms with Crippen molar-refractivity contribution in [3.63, 3.8) is 0 Å². The van der Waals surface area contributed by atoms with Gasteiger partial charge in [0, 0.05) is 16.0 Å². The van der Waals surface area contributed by atoms with Crippen molar-refractivity contribution in [3.8, 4) is 0 Å². The largest absolute Gasteiger partial charge is 0.398 e. The molecule has 0 heterocycles. The van der Waals surface area contributed by atoms with Crippen molar-refractivity contribution >= 4 is 33.2 Å². The van der Waals surface area contributed by atoms with Crippen LogP contribution in [0.25, 0.3) is 0 Å². The number of anilines is 1. The minimum Gasteiger partial charge on any atom is -0.398 e. The van der Waals surface area contributed by atoms with Crippen LogP contribution in [0.3, 0.4) is 0 Å². The first-order chi connectivity index (χ1) is 4.75. The predicted molar refractivity (Wildman–Crippen MR) is 48.1 cm³/mol. The first-order valence-electron chi connectivity index (χ1n) is 2.84. The summed E-state index contributed by atoms with van der Waals surface area (Å²) in [7, 11) is 0.